The lowest BCUT2D eigenvalue weighted by Gasteiger charge is -2.31. The number of anilines is 1. The molecule has 3 N–H and O–H groups in total. The number of aliphatic carboxylic acids is 1. The van der Waals surface area contributed by atoms with E-state index in [1.165, 1.54) is 4.90 Å². The van der Waals surface area contributed by atoms with Gasteiger partial charge in [0.05, 0.1) is 5.54 Å². The van der Waals surface area contributed by atoms with Crippen LogP contribution in [-0.2, 0) is 16.0 Å². The number of amides is 1. The molecule has 1 amide bonds. The fourth-order valence-corrected chi connectivity index (χ4v) is 2.74. The van der Waals surface area contributed by atoms with Gasteiger partial charge in [0.25, 0.3) is 0 Å². The number of carboxylic acid groups (broad SMARTS) is 1. The number of nitrogens with zero attached hydrogens (tertiary/aromatic N) is 1. The first-order valence-electron chi connectivity index (χ1n) is 6.81. The van der Waals surface area contributed by atoms with Gasteiger partial charge in [0.1, 0.15) is 6.04 Å². The Kier molecular flexibility index (Phi) is 3.81. The van der Waals surface area contributed by atoms with Gasteiger partial charge in [0.2, 0.25) is 5.91 Å². The van der Waals surface area contributed by atoms with Crippen molar-refractivity contribution < 1.29 is 14.7 Å². The average Bonchev–Trinajstić information content (AvgIpc) is 2.77. The van der Waals surface area contributed by atoms with Crippen LogP contribution < -0.4 is 10.6 Å². The molecule has 5 nitrogen and oxygen atoms in total. The second kappa shape index (κ2) is 5.25. The molecule has 2 atom stereocenters. The SMILES string of the molecule is CCCC(C)(N)C(=O)N1c2ccccc2CC1C(=O)O. The van der Waals surface area contributed by atoms with Gasteiger partial charge in [-0.3, -0.25) is 9.69 Å². The van der Waals surface area contributed by atoms with Crippen molar-refractivity contribution in [1.29, 1.82) is 0 Å². The third-order valence-electron chi connectivity index (χ3n) is 3.74. The van der Waals surface area contributed by atoms with Crippen LogP contribution in [0.2, 0.25) is 0 Å². The number of para-hydroxylation sites is 1. The number of carboxylic acids is 1. The van der Waals surface area contributed by atoms with Gasteiger partial charge in [-0.1, -0.05) is 31.5 Å². The number of nitrogens with two attached hydrogens (primary N) is 1. The van der Waals surface area contributed by atoms with E-state index in [-0.39, 0.29) is 5.91 Å². The minimum absolute atomic E-state index is 0.322. The van der Waals surface area contributed by atoms with E-state index in [9.17, 15) is 14.7 Å². The lowest BCUT2D eigenvalue weighted by molar-refractivity contribution is -0.140. The maximum Gasteiger partial charge on any atom is 0.327 e. The summed E-state index contributed by atoms with van der Waals surface area (Å²) >= 11 is 0. The molecule has 1 heterocycles. The first-order chi connectivity index (χ1) is 9.38. The summed E-state index contributed by atoms with van der Waals surface area (Å²) in [5.74, 6) is -1.32. The molecule has 0 bridgehead atoms. The lowest BCUT2D eigenvalue weighted by Crippen LogP contribution is -2.57. The van der Waals surface area contributed by atoms with Crippen LogP contribution in [0.25, 0.3) is 0 Å². The highest BCUT2D eigenvalue weighted by Crippen LogP contribution is 2.34. The van der Waals surface area contributed by atoms with Crippen molar-refractivity contribution in [2.45, 2.75) is 44.7 Å². The van der Waals surface area contributed by atoms with Crippen molar-refractivity contribution in [3.63, 3.8) is 0 Å². The maximum absolute atomic E-state index is 12.7. The Morgan fingerprint density at radius 3 is 2.70 bits per heavy atom. The number of hydrogen-bond acceptors (Lipinski definition) is 3. The Morgan fingerprint density at radius 2 is 2.10 bits per heavy atom. The molecule has 1 aromatic carbocycles. The average molecular weight is 276 g/mol. The zero-order chi connectivity index (χ0) is 14.9. The lowest BCUT2D eigenvalue weighted by atomic mass is 9.95. The molecule has 0 spiro atoms. The number of benzene rings is 1. The van der Waals surface area contributed by atoms with Gasteiger partial charge in [-0.25, -0.2) is 4.79 Å². The molecular weight excluding hydrogens is 256 g/mol. The molecule has 0 saturated carbocycles. The second-order valence-electron chi connectivity index (χ2n) is 5.53. The van der Waals surface area contributed by atoms with Gasteiger partial charge in [0, 0.05) is 12.1 Å². The summed E-state index contributed by atoms with van der Waals surface area (Å²) in [4.78, 5) is 25.5. The van der Waals surface area contributed by atoms with Crippen LogP contribution in [0.15, 0.2) is 24.3 Å². The summed E-state index contributed by atoms with van der Waals surface area (Å²) in [7, 11) is 0. The highest BCUT2D eigenvalue weighted by molar-refractivity contribution is 6.06. The Balaban J connectivity index is 2.41. The van der Waals surface area contributed by atoms with E-state index in [2.05, 4.69) is 0 Å². The quantitative estimate of drug-likeness (QED) is 0.874. The van der Waals surface area contributed by atoms with E-state index in [0.717, 1.165) is 12.0 Å². The largest absolute Gasteiger partial charge is 0.480 e. The van der Waals surface area contributed by atoms with Crippen molar-refractivity contribution in [3.8, 4) is 0 Å². The fraction of sp³-hybridized carbons (Fsp3) is 0.467. The molecule has 0 fully saturated rings. The molecule has 20 heavy (non-hydrogen) atoms. The summed E-state index contributed by atoms with van der Waals surface area (Å²) < 4.78 is 0. The van der Waals surface area contributed by atoms with Gasteiger partial charge in [-0.2, -0.15) is 0 Å². The minimum Gasteiger partial charge on any atom is -0.480 e. The number of fused-ring (bicyclic) bond motifs is 1. The molecule has 0 aromatic heterocycles. The van der Waals surface area contributed by atoms with E-state index in [4.69, 9.17) is 5.73 Å². The second-order valence-corrected chi connectivity index (χ2v) is 5.53. The number of rotatable bonds is 4. The Bertz CT molecular complexity index is 540. The molecule has 2 rings (SSSR count). The van der Waals surface area contributed by atoms with Crippen LogP contribution in [0, 0.1) is 0 Å². The third-order valence-corrected chi connectivity index (χ3v) is 3.74. The summed E-state index contributed by atoms with van der Waals surface area (Å²) in [6.07, 6.45) is 1.63. The van der Waals surface area contributed by atoms with Crippen LogP contribution >= 0.6 is 0 Å². The number of carbonyl (C=O) groups is 2. The molecule has 108 valence electrons. The van der Waals surface area contributed by atoms with E-state index >= 15 is 0 Å². The van der Waals surface area contributed by atoms with Crippen molar-refractivity contribution in [2.75, 3.05) is 4.90 Å². The Labute approximate surface area is 118 Å². The van der Waals surface area contributed by atoms with E-state index in [1.807, 2.05) is 19.1 Å². The van der Waals surface area contributed by atoms with Crippen LogP contribution in [0.1, 0.15) is 32.3 Å². The normalized spacial score (nSPS) is 20.4. The fourth-order valence-electron chi connectivity index (χ4n) is 2.74. The van der Waals surface area contributed by atoms with Crippen molar-refractivity contribution in [3.05, 3.63) is 29.8 Å². The minimum atomic E-state index is -1.04. The monoisotopic (exact) mass is 276 g/mol. The van der Waals surface area contributed by atoms with Crippen LogP contribution in [0.5, 0.6) is 0 Å². The summed E-state index contributed by atoms with van der Waals surface area (Å²) in [5, 5.41) is 9.37. The predicted octanol–water partition coefficient (Wildman–Crippen LogP) is 1.55. The van der Waals surface area contributed by atoms with E-state index in [1.54, 1.807) is 19.1 Å². The Morgan fingerprint density at radius 1 is 1.45 bits per heavy atom. The first kappa shape index (κ1) is 14.5. The van der Waals surface area contributed by atoms with E-state index in [0.29, 0.717) is 18.5 Å². The van der Waals surface area contributed by atoms with Crippen LogP contribution in [-0.4, -0.2) is 28.6 Å². The summed E-state index contributed by atoms with van der Waals surface area (Å²) in [5.41, 5.74) is 6.58. The van der Waals surface area contributed by atoms with Gasteiger partial charge in [-0.15, -0.1) is 0 Å². The van der Waals surface area contributed by atoms with Crippen molar-refractivity contribution in [1.82, 2.24) is 0 Å². The topological polar surface area (TPSA) is 83.6 Å². The molecule has 0 radical (unpaired) electrons. The molecule has 0 saturated heterocycles. The van der Waals surface area contributed by atoms with E-state index < -0.39 is 17.6 Å². The van der Waals surface area contributed by atoms with Crippen molar-refractivity contribution in [2.24, 2.45) is 5.73 Å². The standard InChI is InChI=1S/C15H20N2O3/c1-3-8-15(2,16)14(20)17-11-7-5-4-6-10(11)9-12(17)13(18)19/h4-7,12H,3,8-9,16H2,1-2H3,(H,18,19). The highest BCUT2D eigenvalue weighted by atomic mass is 16.4. The molecular formula is C15H20N2O3. The molecule has 1 aromatic rings. The number of carbonyl (C=O) groups excluding carboxylic acids is 1. The highest BCUT2D eigenvalue weighted by Gasteiger charge is 2.43. The molecule has 5 heteroatoms. The molecule has 0 aliphatic carbocycles. The number of hydrogen-bond donors (Lipinski definition) is 2. The van der Waals surface area contributed by atoms with Gasteiger partial charge in [0.15, 0.2) is 0 Å². The predicted molar refractivity (Wildman–Crippen MR) is 76.6 cm³/mol. The van der Waals surface area contributed by atoms with Gasteiger partial charge >= 0.3 is 5.97 Å². The van der Waals surface area contributed by atoms with Crippen molar-refractivity contribution >= 4 is 17.6 Å². The molecule has 1 aliphatic rings. The molecule has 1 aliphatic heterocycles. The Hall–Kier alpha value is -1.88. The smallest absolute Gasteiger partial charge is 0.327 e. The zero-order valence-electron chi connectivity index (χ0n) is 11.8. The summed E-state index contributed by atoms with van der Waals surface area (Å²) in [6.45, 7) is 3.61. The third kappa shape index (κ3) is 2.41. The maximum atomic E-state index is 12.7. The first-order valence-corrected chi connectivity index (χ1v) is 6.81. The van der Waals surface area contributed by atoms with Gasteiger partial charge < -0.3 is 10.8 Å². The molecule has 2 unspecified atom stereocenters. The van der Waals surface area contributed by atoms with Gasteiger partial charge in [-0.05, 0) is 25.0 Å². The zero-order valence-corrected chi connectivity index (χ0v) is 11.8. The van der Waals surface area contributed by atoms with Crippen LogP contribution in [0.3, 0.4) is 0 Å². The van der Waals surface area contributed by atoms with Crippen LogP contribution in [0.4, 0.5) is 5.69 Å². The summed E-state index contributed by atoms with van der Waals surface area (Å²) in [6, 6.07) is 6.42.